The van der Waals surface area contributed by atoms with Crippen LogP contribution in [0, 0.1) is 5.92 Å². The molecule has 0 radical (unpaired) electrons. The second kappa shape index (κ2) is 6.62. The number of rotatable bonds is 4. The van der Waals surface area contributed by atoms with Crippen LogP contribution in [0.4, 0.5) is 0 Å². The van der Waals surface area contributed by atoms with E-state index in [1.807, 2.05) is 6.07 Å². The average Bonchev–Trinajstić information content (AvgIpc) is 3.16. The zero-order valence-corrected chi connectivity index (χ0v) is 15.2. The number of hydrogen-bond donors (Lipinski definition) is 0. The molecule has 0 amide bonds. The van der Waals surface area contributed by atoms with E-state index in [2.05, 4.69) is 30.3 Å². The summed E-state index contributed by atoms with van der Waals surface area (Å²) < 4.78 is 16.6. The summed E-state index contributed by atoms with van der Waals surface area (Å²) in [5.74, 6) is 4.67. The number of methoxy groups -OCH3 is 3. The molecule has 0 bridgehead atoms. The zero-order valence-electron chi connectivity index (χ0n) is 15.2. The van der Waals surface area contributed by atoms with Crippen LogP contribution in [0.5, 0.6) is 17.2 Å². The van der Waals surface area contributed by atoms with Gasteiger partial charge in [0.1, 0.15) is 17.2 Å². The van der Waals surface area contributed by atoms with Gasteiger partial charge in [0.2, 0.25) is 0 Å². The number of benzene rings is 2. The second-order valence-electron chi connectivity index (χ2n) is 7.18. The van der Waals surface area contributed by atoms with Crippen molar-refractivity contribution in [2.45, 2.75) is 37.5 Å². The van der Waals surface area contributed by atoms with Gasteiger partial charge in [-0.2, -0.15) is 0 Å². The number of fused-ring (bicyclic) bond motifs is 3. The first-order valence-corrected chi connectivity index (χ1v) is 9.14. The predicted octanol–water partition coefficient (Wildman–Crippen LogP) is 4.94. The van der Waals surface area contributed by atoms with Gasteiger partial charge in [-0.1, -0.05) is 18.6 Å². The number of hydrogen-bond acceptors (Lipinski definition) is 3. The van der Waals surface area contributed by atoms with E-state index >= 15 is 0 Å². The first-order chi connectivity index (χ1) is 12.2. The maximum absolute atomic E-state index is 5.72. The number of ether oxygens (including phenoxy) is 3. The molecule has 0 unspecified atom stereocenters. The van der Waals surface area contributed by atoms with Gasteiger partial charge in [0.05, 0.1) is 21.3 Å². The maximum Gasteiger partial charge on any atom is 0.126 e. The van der Waals surface area contributed by atoms with Crippen molar-refractivity contribution < 1.29 is 14.2 Å². The lowest BCUT2D eigenvalue weighted by Crippen LogP contribution is -2.25. The quantitative estimate of drug-likeness (QED) is 0.790. The van der Waals surface area contributed by atoms with Crippen molar-refractivity contribution in [1.29, 1.82) is 0 Å². The summed E-state index contributed by atoms with van der Waals surface area (Å²) in [6.07, 6.45) is 4.91. The van der Waals surface area contributed by atoms with E-state index in [9.17, 15) is 0 Å². The maximum atomic E-state index is 5.72. The van der Waals surface area contributed by atoms with Crippen LogP contribution >= 0.6 is 0 Å². The Morgan fingerprint density at radius 3 is 2.24 bits per heavy atom. The van der Waals surface area contributed by atoms with E-state index in [1.165, 1.54) is 36.0 Å². The van der Waals surface area contributed by atoms with E-state index in [0.29, 0.717) is 17.8 Å². The summed E-state index contributed by atoms with van der Waals surface area (Å²) in [6, 6.07) is 12.9. The molecule has 3 heteroatoms. The van der Waals surface area contributed by atoms with Gasteiger partial charge in [0.15, 0.2) is 0 Å². The Hall–Kier alpha value is -2.16. The Bertz CT molecular complexity index is 751. The van der Waals surface area contributed by atoms with Crippen LogP contribution in [-0.2, 0) is 6.42 Å². The van der Waals surface area contributed by atoms with E-state index in [4.69, 9.17) is 14.2 Å². The molecule has 2 aliphatic rings. The molecule has 0 heterocycles. The predicted molar refractivity (Wildman–Crippen MR) is 99.1 cm³/mol. The molecular weight excluding hydrogens is 312 g/mol. The third-order valence-electron chi connectivity index (χ3n) is 6.13. The van der Waals surface area contributed by atoms with Gasteiger partial charge >= 0.3 is 0 Å². The van der Waals surface area contributed by atoms with Crippen LogP contribution < -0.4 is 14.2 Å². The lowest BCUT2D eigenvalue weighted by atomic mass is 9.68. The summed E-state index contributed by atoms with van der Waals surface area (Å²) in [4.78, 5) is 0. The molecule has 1 saturated carbocycles. The summed E-state index contributed by atoms with van der Waals surface area (Å²) in [6.45, 7) is 0. The van der Waals surface area contributed by atoms with Gasteiger partial charge in [0, 0.05) is 6.07 Å². The fraction of sp³-hybridized carbons (Fsp3) is 0.455. The van der Waals surface area contributed by atoms with E-state index < -0.39 is 0 Å². The second-order valence-corrected chi connectivity index (χ2v) is 7.18. The van der Waals surface area contributed by atoms with Crippen LogP contribution in [0.15, 0.2) is 36.4 Å². The molecule has 0 saturated heterocycles. The molecule has 3 atom stereocenters. The van der Waals surface area contributed by atoms with Crippen molar-refractivity contribution >= 4 is 0 Å². The van der Waals surface area contributed by atoms with Crippen molar-refractivity contribution in [1.82, 2.24) is 0 Å². The molecule has 2 aromatic carbocycles. The Kier molecular flexibility index (Phi) is 4.32. The fourth-order valence-electron chi connectivity index (χ4n) is 4.93. The topological polar surface area (TPSA) is 27.7 Å². The Labute approximate surface area is 149 Å². The summed E-state index contributed by atoms with van der Waals surface area (Å²) in [5.41, 5.74) is 4.23. The Morgan fingerprint density at radius 1 is 0.800 bits per heavy atom. The van der Waals surface area contributed by atoms with Gasteiger partial charge in [0.25, 0.3) is 0 Å². The van der Waals surface area contributed by atoms with E-state index in [1.54, 1.807) is 21.3 Å². The molecule has 0 aliphatic heterocycles. The molecule has 0 spiro atoms. The van der Waals surface area contributed by atoms with Crippen LogP contribution in [0.25, 0.3) is 0 Å². The van der Waals surface area contributed by atoms with Gasteiger partial charge < -0.3 is 14.2 Å². The Morgan fingerprint density at radius 2 is 1.56 bits per heavy atom. The summed E-state index contributed by atoms with van der Waals surface area (Å²) >= 11 is 0. The monoisotopic (exact) mass is 338 g/mol. The third-order valence-corrected chi connectivity index (χ3v) is 6.13. The minimum absolute atomic E-state index is 0.549. The molecule has 25 heavy (non-hydrogen) atoms. The molecule has 1 fully saturated rings. The molecule has 3 nitrogen and oxygen atoms in total. The highest BCUT2D eigenvalue weighted by molar-refractivity contribution is 5.52. The van der Waals surface area contributed by atoms with Crippen molar-refractivity contribution in [3.05, 3.63) is 53.1 Å². The first kappa shape index (κ1) is 16.3. The molecule has 0 aromatic heterocycles. The first-order valence-electron chi connectivity index (χ1n) is 9.14. The van der Waals surface area contributed by atoms with Gasteiger partial charge in [-0.15, -0.1) is 0 Å². The van der Waals surface area contributed by atoms with Crippen LogP contribution in [0.1, 0.15) is 47.8 Å². The van der Waals surface area contributed by atoms with E-state index in [-0.39, 0.29) is 0 Å². The smallest absolute Gasteiger partial charge is 0.126 e. The van der Waals surface area contributed by atoms with E-state index in [0.717, 1.165) is 23.7 Å². The highest BCUT2D eigenvalue weighted by Gasteiger charge is 2.41. The third kappa shape index (κ3) is 2.76. The lowest BCUT2D eigenvalue weighted by molar-refractivity contribution is 0.342. The molecule has 4 rings (SSSR count). The molecular formula is C22H26O3. The summed E-state index contributed by atoms with van der Waals surface area (Å²) in [7, 11) is 5.21. The molecule has 132 valence electrons. The standard InChI is InChI=1S/C22H26O3/c1-23-15-9-7-14(8-10-15)19-13-21-20(18-6-4-5-17(18)19)11-16(24-2)12-22(21)25-3/h7-12,17-19H,4-6,13H2,1-3H3/t17-,18+,19-/m0/s1. The zero-order chi connectivity index (χ0) is 17.4. The molecule has 2 aliphatic carbocycles. The van der Waals surface area contributed by atoms with Crippen molar-refractivity contribution in [2.24, 2.45) is 5.92 Å². The highest BCUT2D eigenvalue weighted by atomic mass is 16.5. The minimum atomic E-state index is 0.549. The average molecular weight is 338 g/mol. The van der Waals surface area contributed by atoms with Crippen LogP contribution in [0.3, 0.4) is 0 Å². The SMILES string of the molecule is COc1ccc([C@@H]2Cc3c(OC)cc(OC)cc3[C@@H]3CCC[C@H]23)cc1. The van der Waals surface area contributed by atoms with Gasteiger partial charge in [-0.05, 0) is 71.9 Å². The van der Waals surface area contributed by atoms with Crippen molar-refractivity contribution in [2.75, 3.05) is 21.3 Å². The summed E-state index contributed by atoms with van der Waals surface area (Å²) in [5, 5.41) is 0. The largest absolute Gasteiger partial charge is 0.497 e. The fourth-order valence-corrected chi connectivity index (χ4v) is 4.93. The van der Waals surface area contributed by atoms with Gasteiger partial charge in [-0.3, -0.25) is 0 Å². The lowest BCUT2D eigenvalue weighted by Gasteiger charge is -2.37. The van der Waals surface area contributed by atoms with Gasteiger partial charge in [-0.25, -0.2) is 0 Å². The molecule has 2 aromatic rings. The van der Waals surface area contributed by atoms with Crippen LogP contribution in [0.2, 0.25) is 0 Å². The van der Waals surface area contributed by atoms with Crippen LogP contribution in [-0.4, -0.2) is 21.3 Å². The normalized spacial score (nSPS) is 24.4. The van der Waals surface area contributed by atoms with Crippen molar-refractivity contribution in [3.8, 4) is 17.2 Å². The van der Waals surface area contributed by atoms with Crippen molar-refractivity contribution in [3.63, 3.8) is 0 Å². The minimum Gasteiger partial charge on any atom is -0.497 e. The molecule has 0 N–H and O–H groups in total. The highest BCUT2D eigenvalue weighted by Crippen LogP contribution is 2.55. The Balaban J connectivity index is 1.77.